The quantitative estimate of drug-likeness (QED) is 0.217. The Kier molecular flexibility index (Phi) is 10.5. The maximum Gasteiger partial charge on any atom is 0.239 e. The second-order valence-electron chi connectivity index (χ2n) is 6.88. The van der Waals surface area contributed by atoms with E-state index in [1.165, 1.54) is 5.56 Å². The molecule has 0 atom stereocenters. The highest BCUT2D eigenvalue weighted by molar-refractivity contribution is 14.0. The van der Waals surface area contributed by atoms with Crippen LogP contribution in [0.15, 0.2) is 72.0 Å². The van der Waals surface area contributed by atoms with Gasteiger partial charge in [-0.3, -0.25) is 14.5 Å². The Bertz CT molecular complexity index is 990. The van der Waals surface area contributed by atoms with Gasteiger partial charge in [-0.2, -0.15) is 5.10 Å². The minimum atomic E-state index is -0.113. The lowest BCUT2D eigenvalue weighted by Gasteiger charge is -2.14. The van der Waals surface area contributed by atoms with Crippen molar-refractivity contribution in [1.82, 2.24) is 25.7 Å². The number of nitrogens with one attached hydrogen (secondary N) is 3. The summed E-state index contributed by atoms with van der Waals surface area (Å²) in [6, 6.07) is 17.7. The molecule has 3 aromatic rings. The van der Waals surface area contributed by atoms with Crippen molar-refractivity contribution in [2.24, 2.45) is 4.99 Å². The van der Waals surface area contributed by atoms with Crippen LogP contribution >= 0.6 is 24.0 Å². The topological polar surface area (TPSA) is 92.6 Å². The van der Waals surface area contributed by atoms with Gasteiger partial charge in [-0.05, 0) is 34.9 Å². The number of nitrogens with zero attached hydrogens (tertiary/aromatic N) is 3. The Balaban J connectivity index is 0.00000363. The summed E-state index contributed by atoms with van der Waals surface area (Å²) in [5.74, 6) is 1.24. The van der Waals surface area contributed by atoms with Crippen LogP contribution in [0.2, 0.25) is 0 Å². The molecule has 0 saturated carbocycles. The third kappa shape index (κ3) is 7.88. The molecular formula is C23H29IN6O2. The molecule has 3 N–H and O–H groups in total. The van der Waals surface area contributed by atoms with E-state index in [1.807, 2.05) is 53.3 Å². The minimum absolute atomic E-state index is 0. The monoisotopic (exact) mass is 548 g/mol. The maximum absolute atomic E-state index is 12.2. The SMILES string of the molecule is CN=C(NCC(=O)NCc1ccc(OC)cc1)NCc1ccccc1Cn1cccn1.I. The van der Waals surface area contributed by atoms with Crippen LogP contribution in [0.3, 0.4) is 0 Å². The van der Waals surface area contributed by atoms with Crippen LogP contribution in [-0.4, -0.2) is 42.3 Å². The zero-order chi connectivity index (χ0) is 21.9. The fourth-order valence-electron chi connectivity index (χ4n) is 3.02. The van der Waals surface area contributed by atoms with Gasteiger partial charge in [-0.15, -0.1) is 24.0 Å². The van der Waals surface area contributed by atoms with Gasteiger partial charge in [0.2, 0.25) is 5.91 Å². The summed E-state index contributed by atoms with van der Waals surface area (Å²) < 4.78 is 7.03. The van der Waals surface area contributed by atoms with Gasteiger partial charge in [0.15, 0.2) is 5.96 Å². The molecule has 1 aromatic heterocycles. The average molecular weight is 548 g/mol. The predicted molar refractivity (Wildman–Crippen MR) is 136 cm³/mol. The summed E-state index contributed by atoms with van der Waals surface area (Å²) in [5.41, 5.74) is 3.32. The van der Waals surface area contributed by atoms with E-state index in [9.17, 15) is 4.79 Å². The molecule has 0 aliphatic carbocycles. The van der Waals surface area contributed by atoms with Crippen LogP contribution < -0.4 is 20.7 Å². The molecule has 0 fully saturated rings. The van der Waals surface area contributed by atoms with E-state index in [1.54, 1.807) is 20.4 Å². The van der Waals surface area contributed by atoms with Crippen molar-refractivity contribution in [3.63, 3.8) is 0 Å². The molecule has 3 rings (SSSR count). The van der Waals surface area contributed by atoms with Crippen molar-refractivity contribution >= 4 is 35.8 Å². The number of carbonyl (C=O) groups is 1. The number of ether oxygens (including phenoxy) is 1. The lowest BCUT2D eigenvalue weighted by Crippen LogP contribution is -2.42. The number of halogens is 1. The standard InChI is InChI=1S/C23H28N6O2.HI/c1-24-23(27-16-22(30)25-14-18-8-10-21(31-2)11-9-18)26-15-19-6-3-4-7-20(19)17-29-13-5-12-28-29;/h3-13H,14-17H2,1-2H3,(H,25,30)(H2,24,26,27);1H. The maximum atomic E-state index is 12.2. The van der Waals surface area contributed by atoms with Crippen LogP contribution in [0.4, 0.5) is 0 Å². The second-order valence-corrected chi connectivity index (χ2v) is 6.88. The molecule has 9 heteroatoms. The van der Waals surface area contributed by atoms with Gasteiger partial charge >= 0.3 is 0 Å². The Morgan fingerprint density at radius 1 is 1.00 bits per heavy atom. The molecule has 0 aliphatic rings. The van der Waals surface area contributed by atoms with Gasteiger partial charge in [0.05, 0.1) is 20.2 Å². The van der Waals surface area contributed by atoms with Crippen molar-refractivity contribution in [3.8, 4) is 5.75 Å². The van der Waals surface area contributed by atoms with Crippen LogP contribution in [0.25, 0.3) is 0 Å². The zero-order valence-electron chi connectivity index (χ0n) is 18.2. The molecule has 1 heterocycles. The molecule has 0 unspecified atom stereocenters. The number of aliphatic imine (C=N–C) groups is 1. The van der Waals surface area contributed by atoms with Crippen molar-refractivity contribution < 1.29 is 9.53 Å². The van der Waals surface area contributed by atoms with E-state index in [-0.39, 0.29) is 36.4 Å². The smallest absolute Gasteiger partial charge is 0.239 e. The van der Waals surface area contributed by atoms with Crippen molar-refractivity contribution in [2.75, 3.05) is 20.7 Å². The van der Waals surface area contributed by atoms with Gasteiger partial charge in [0, 0.05) is 32.5 Å². The molecule has 170 valence electrons. The normalized spacial score (nSPS) is 10.8. The number of guanidine groups is 1. The Morgan fingerprint density at radius 3 is 2.41 bits per heavy atom. The molecule has 0 bridgehead atoms. The lowest BCUT2D eigenvalue weighted by atomic mass is 10.1. The molecule has 0 saturated heterocycles. The molecule has 2 aromatic carbocycles. The number of benzene rings is 2. The van der Waals surface area contributed by atoms with E-state index in [0.29, 0.717) is 25.6 Å². The fourth-order valence-corrected chi connectivity index (χ4v) is 3.02. The summed E-state index contributed by atoms with van der Waals surface area (Å²) >= 11 is 0. The molecule has 0 radical (unpaired) electrons. The van der Waals surface area contributed by atoms with Crippen molar-refractivity contribution in [2.45, 2.75) is 19.6 Å². The first-order chi connectivity index (χ1) is 15.2. The van der Waals surface area contributed by atoms with Gasteiger partial charge in [0.25, 0.3) is 0 Å². The molecule has 0 spiro atoms. The van der Waals surface area contributed by atoms with E-state index < -0.39 is 0 Å². The number of rotatable bonds is 9. The van der Waals surface area contributed by atoms with E-state index in [4.69, 9.17) is 4.74 Å². The molecule has 8 nitrogen and oxygen atoms in total. The first-order valence-corrected chi connectivity index (χ1v) is 10.1. The first kappa shape index (κ1) is 25.2. The van der Waals surface area contributed by atoms with E-state index in [0.717, 1.165) is 16.9 Å². The number of amides is 1. The third-order valence-electron chi connectivity index (χ3n) is 4.74. The van der Waals surface area contributed by atoms with Gasteiger partial charge in [-0.1, -0.05) is 36.4 Å². The highest BCUT2D eigenvalue weighted by Gasteiger charge is 2.07. The van der Waals surface area contributed by atoms with Crippen LogP contribution in [0.5, 0.6) is 5.75 Å². The van der Waals surface area contributed by atoms with E-state index >= 15 is 0 Å². The lowest BCUT2D eigenvalue weighted by molar-refractivity contribution is -0.120. The van der Waals surface area contributed by atoms with Crippen LogP contribution in [0.1, 0.15) is 16.7 Å². The van der Waals surface area contributed by atoms with Gasteiger partial charge < -0.3 is 20.7 Å². The van der Waals surface area contributed by atoms with Gasteiger partial charge in [0.1, 0.15) is 5.75 Å². The van der Waals surface area contributed by atoms with Gasteiger partial charge in [-0.25, -0.2) is 0 Å². The van der Waals surface area contributed by atoms with Crippen molar-refractivity contribution in [1.29, 1.82) is 0 Å². The number of methoxy groups -OCH3 is 1. The number of aromatic nitrogens is 2. The van der Waals surface area contributed by atoms with Crippen LogP contribution in [-0.2, 0) is 24.4 Å². The summed E-state index contributed by atoms with van der Waals surface area (Å²) in [7, 11) is 3.31. The highest BCUT2D eigenvalue weighted by atomic mass is 127. The number of hydrogen-bond acceptors (Lipinski definition) is 4. The Hall–Kier alpha value is -3.08. The Labute approximate surface area is 205 Å². The first-order valence-electron chi connectivity index (χ1n) is 10.1. The molecular weight excluding hydrogens is 519 g/mol. The summed E-state index contributed by atoms with van der Waals surface area (Å²) in [4.78, 5) is 16.4. The zero-order valence-corrected chi connectivity index (χ0v) is 20.6. The fraction of sp³-hybridized carbons (Fsp3) is 0.261. The Morgan fingerprint density at radius 2 is 1.75 bits per heavy atom. The number of hydrogen-bond donors (Lipinski definition) is 3. The van der Waals surface area contributed by atoms with Crippen molar-refractivity contribution in [3.05, 3.63) is 83.7 Å². The summed E-state index contributed by atoms with van der Waals surface area (Å²) in [6.45, 7) is 1.87. The van der Waals surface area contributed by atoms with Crippen LogP contribution in [0, 0.1) is 0 Å². The summed E-state index contributed by atoms with van der Waals surface area (Å²) in [5, 5.41) is 13.5. The molecule has 0 aliphatic heterocycles. The minimum Gasteiger partial charge on any atom is -0.497 e. The predicted octanol–water partition coefficient (Wildman–Crippen LogP) is 2.54. The average Bonchev–Trinajstić information content (AvgIpc) is 3.32. The number of carbonyl (C=O) groups excluding carboxylic acids is 1. The molecule has 32 heavy (non-hydrogen) atoms. The van der Waals surface area contributed by atoms with E-state index in [2.05, 4.69) is 38.2 Å². The third-order valence-corrected chi connectivity index (χ3v) is 4.74. The summed E-state index contributed by atoms with van der Waals surface area (Å²) in [6.07, 6.45) is 3.71. The largest absolute Gasteiger partial charge is 0.497 e. The second kappa shape index (κ2) is 13.4. The molecule has 1 amide bonds. The highest BCUT2D eigenvalue weighted by Crippen LogP contribution is 2.11.